The summed E-state index contributed by atoms with van der Waals surface area (Å²) in [5.41, 5.74) is 0. The van der Waals surface area contributed by atoms with Crippen LogP contribution < -0.4 is 18.9 Å². The van der Waals surface area contributed by atoms with E-state index >= 15 is 0 Å². The van der Waals surface area contributed by atoms with Crippen LogP contribution in [0.3, 0.4) is 0 Å². The number of methoxy groups -OCH3 is 4. The summed E-state index contributed by atoms with van der Waals surface area (Å²) in [5, 5.41) is 0. The second-order valence-corrected chi connectivity index (χ2v) is 23.4. The molecule has 3 aliphatic rings. The van der Waals surface area contributed by atoms with Gasteiger partial charge in [0.25, 0.3) is 0 Å². The zero-order chi connectivity index (χ0) is 35.5. The van der Waals surface area contributed by atoms with E-state index in [4.69, 9.17) is 18.9 Å². The van der Waals surface area contributed by atoms with E-state index in [1.165, 1.54) is 99.6 Å². The Balaban J connectivity index is 1.28. The van der Waals surface area contributed by atoms with E-state index in [1.54, 1.807) is 86.8 Å². The Kier molecular flexibility index (Phi) is 17.2. The Hall–Kier alpha value is -0.230. The lowest BCUT2D eigenvalue weighted by Gasteiger charge is -2.06. The van der Waals surface area contributed by atoms with Crippen LogP contribution in [0.25, 0.3) is 18.2 Å². The molecule has 5 rings (SSSR count). The van der Waals surface area contributed by atoms with Gasteiger partial charge in [-0.15, -0.1) is 46.2 Å². The first-order valence-corrected chi connectivity index (χ1v) is 24.9. The predicted octanol–water partition coefficient (Wildman–Crippen LogP) is 14.6. The number of aldehydes is 1. The zero-order valence-electron chi connectivity index (χ0n) is 29.0. The van der Waals surface area contributed by atoms with Gasteiger partial charge in [-0.05, 0) is 42.6 Å². The molecule has 0 unspecified atom stereocenters. The Morgan fingerprint density at radius 3 is 1.22 bits per heavy atom. The van der Waals surface area contributed by atoms with Crippen LogP contribution in [0.2, 0.25) is 0 Å². The van der Waals surface area contributed by atoms with Gasteiger partial charge >= 0.3 is 0 Å². The number of hydrogen-bond donors (Lipinski definition) is 0. The maximum atomic E-state index is 11.6. The number of thioether (sulfide) groups is 8. The number of carbonyl (C=O) groups is 1. The van der Waals surface area contributed by atoms with Crippen molar-refractivity contribution in [1.29, 1.82) is 0 Å². The van der Waals surface area contributed by atoms with Gasteiger partial charge < -0.3 is 18.9 Å². The van der Waals surface area contributed by atoms with Gasteiger partial charge in [0, 0.05) is 0 Å². The van der Waals surface area contributed by atoms with Gasteiger partial charge in [0.2, 0.25) is 0 Å². The summed E-state index contributed by atoms with van der Waals surface area (Å²) < 4.78 is 32.1. The average Bonchev–Trinajstić information content (AvgIpc) is 3.92. The molecule has 0 bridgehead atoms. The molecule has 0 saturated heterocycles. The highest BCUT2D eigenvalue weighted by molar-refractivity contribution is 8.48. The Morgan fingerprint density at radius 1 is 0.500 bits per heavy atom. The molecular weight excluding hydrogens is 821 g/mol. The molecule has 0 aliphatic carbocycles. The van der Waals surface area contributed by atoms with Crippen LogP contribution in [0.5, 0.6) is 23.0 Å². The highest BCUT2D eigenvalue weighted by Gasteiger charge is 2.32. The van der Waals surface area contributed by atoms with Crippen LogP contribution in [-0.2, 0) is 0 Å². The fraction of sp³-hybridized carbons (Fsp3) is 0.457. The number of unbranched alkanes of at least 4 members (excludes halogenated alkanes) is 6. The van der Waals surface area contributed by atoms with Crippen molar-refractivity contribution < 1.29 is 23.7 Å². The van der Waals surface area contributed by atoms with Gasteiger partial charge in [0.1, 0.15) is 4.88 Å². The van der Waals surface area contributed by atoms with Gasteiger partial charge in [-0.2, -0.15) is 0 Å². The second-order valence-electron chi connectivity index (χ2n) is 10.9. The molecule has 2 aromatic rings. The first kappa shape index (κ1) is 40.9. The molecular formula is C35H42O5S10. The highest BCUT2D eigenvalue weighted by Crippen LogP contribution is 2.68. The van der Waals surface area contributed by atoms with E-state index in [0.717, 1.165) is 36.7 Å². The molecule has 0 radical (unpaired) electrons. The minimum atomic E-state index is 0.493. The molecule has 0 atom stereocenters. The summed E-state index contributed by atoms with van der Waals surface area (Å²) >= 11 is 18.1. The Bertz CT molecular complexity index is 1620. The topological polar surface area (TPSA) is 54.0 Å². The highest BCUT2D eigenvalue weighted by atomic mass is 32.3. The van der Waals surface area contributed by atoms with Crippen LogP contribution in [0.15, 0.2) is 29.7 Å². The number of hydrogen-bond acceptors (Lipinski definition) is 15. The number of rotatable bonds is 20. The maximum absolute atomic E-state index is 11.6. The summed E-state index contributed by atoms with van der Waals surface area (Å²) in [5.74, 6) is 5.04. The van der Waals surface area contributed by atoms with Gasteiger partial charge in [0.05, 0.1) is 72.7 Å². The minimum Gasteiger partial charge on any atom is -0.491 e. The standard InChI is InChI=1S/C35H42O5S10/c1-7-9-11-13-15-41-32-33(42-16-14-12-10-8-2)46-25(45-32)17-21-28(37-3)29(38-4)22(43-21)18-26-47-34-35(48-26)50-27(49-34)19-23-30(39-5)31(40-6)24(20-36)44-23/h17-20H,7-16H2,1-6H3. The number of carbonyl (C=O) groups excluding carboxylic acids is 1. The third-order valence-electron chi connectivity index (χ3n) is 7.37. The first-order chi connectivity index (χ1) is 24.5. The lowest BCUT2D eigenvalue weighted by atomic mass is 10.2. The zero-order valence-corrected chi connectivity index (χ0v) is 37.2. The summed E-state index contributed by atoms with van der Waals surface area (Å²) in [6.45, 7) is 4.55. The van der Waals surface area contributed by atoms with Crippen molar-refractivity contribution in [2.45, 2.75) is 65.2 Å². The molecule has 0 aromatic carbocycles. The molecule has 0 N–H and O–H groups in total. The lowest BCUT2D eigenvalue weighted by Crippen LogP contribution is -1.89. The van der Waals surface area contributed by atoms with Gasteiger partial charge in [-0.3, -0.25) is 4.79 Å². The fourth-order valence-corrected chi connectivity index (χ4v) is 19.6. The molecule has 5 heterocycles. The number of thiophene rings is 2. The van der Waals surface area contributed by atoms with Gasteiger partial charge in [-0.25, -0.2) is 0 Å². The molecule has 0 amide bonds. The Labute approximate surface area is 339 Å². The van der Waals surface area contributed by atoms with Crippen LogP contribution in [0.1, 0.15) is 89.5 Å². The third-order valence-corrected chi connectivity index (χ3v) is 20.4. The van der Waals surface area contributed by atoms with Crippen molar-refractivity contribution in [2.75, 3.05) is 39.9 Å². The Morgan fingerprint density at radius 2 is 0.860 bits per heavy atom. The van der Waals surface area contributed by atoms with Crippen molar-refractivity contribution in [3.05, 3.63) is 49.2 Å². The summed E-state index contributed by atoms with van der Waals surface area (Å²) in [7, 11) is 6.63. The normalized spacial score (nSPS) is 15.7. The number of ether oxygens (including phenoxy) is 4. The maximum Gasteiger partial charge on any atom is 0.182 e. The van der Waals surface area contributed by atoms with Crippen molar-refractivity contribution >= 4 is 141 Å². The van der Waals surface area contributed by atoms with Crippen LogP contribution >= 0.6 is 117 Å². The lowest BCUT2D eigenvalue weighted by molar-refractivity contribution is 0.112. The van der Waals surface area contributed by atoms with E-state index < -0.39 is 0 Å². The van der Waals surface area contributed by atoms with Gasteiger partial charge in [0.15, 0.2) is 29.3 Å². The average molecular weight is 863 g/mol. The largest absolute Gasteiger partial charge is 0.491 e. The van der Waals surface area contributed by atoms with Crippen LogP contribution in [0, 0.1) is 0 Å². The van der Waals surface area contributed by atoms with E-state index in [-0.39, 0.29) is 0 Å². The van der Waals surface area contributed by atoms with Crippen LogP contribution in [0.4, 0.5) is 0 Å². The van der Waals surface area contributed by atoms with Crippen molar-refractivity contribution in [1.82, 2.24) is 0 Å². The molecule has 0 fully saturated rings. The molecule has 3 aliphatic heterocycles. The van der Waals surface area contributed by atoms with Crippen molar-refractivity contribution in [3.63, 3.8) is 0 Å². The van der Waals surface area contributed by atoms with Crippen molar-refractivity contribution in [2.24, 2.45) is 0 Å². The fourth-order valence-electron chi connectivity index (χ4n) is 4.97. The first-order valence-electron chi connectivity index (χ1n) is 16.4. The molecule has 272 valence electrons. The van der Waals surface area contributed by atoms with E-state index in [0.29, 0.717) is 16.4 Å². The second kappa shape index (κ2) is 21.0. The minimum absolute atomic E-state index is 0.493. The molecule has 2 aromatic heterocycles. The molecule has 15 heteroatoms. The summed E-state index contributed by atoms with van der Waals surface area (Å²) in [6, 6.07) is 0. The van der Waals surface area contributed by atoms with E-state index in [2.05, 4.69) is 32.1 Å². The quantitative estimate of drug-likeness (QED) is 0.0939. The molecule has 0 spiro atoms. The smallest absolute Gasteiger partial charge is 0.182 e. The van der Waals surface area contributed by atoms with Gasteiger partial charge in [-0.1, -0.05) is 123 Å². The van der Waals surface area contributed by atoms with E-state index in [1.807, 2.05) is 47.0 Å². The third kappa shape index (κ3) is 10.5. The molecule has 0 saturated carbocycles. The molecule has 5 nitrogen and oxygen atoms in total. The van der Waals surface area contributed by atoms with E-state index in [9.17, 15) is 4.79 Å². The van der Waals surface area contributed by atoms with Crippen LogP contribution in [-0.4, -0.2) is 46.2 Å². The molecule has 50 heavy (non-hydrogen) atoms. The monoisotopic (exact) mass is 862 g/mol. The summed E-state index contributed by atoms with van der Waals surface area (Å²) in [6.07, 6.45) is 17.8. The van der Waals surface area contributed by atoms with Crippen molar-refractivity contribution in [3.8, 4) is 23.0 Å². The predicted molar refractivity (Wildman–Crippen MR) is 237 cm³/mol. The SMILES string of the molecule is CCCCCCSC1=C(SCCCCCC)SC(=Cc2sc(C=C3SC4=C(SC(=Cc5sc(C=O)c(OC)c5OC)S4)S3)c(OC)c2OC)S1. The summed E-state index contributed by atoms with van der Waals surface area (Å²) in [4.78, 5) is 15.1.